The predicted octanol–water partition coefficient (Wildman–Crippen LogP) is 2.82. The molecule has 1 N–H and O–H groups in total. The third kappa shape index (κ3) is 3.13. The number of carbonyl (C=O) groups excluding carboxylic acids is 1. The molecule has 1 aliphatic heterocycles. The van der Waals surface area contributed by atoms with Crippen LogP contribution in [0.5, 0.6) is 0 Å². The van der Waals surface area contributed by atoms with E-state index in [-0.39, 0.29) is 17.9 Å². The van der Waals surface area contributed by atoms with Gasteiger partial charge in [0, 0.05) is 25.2 Å². The Bertz CT molecular complexity index is 711. The Hall–Kier alpha value is -2.37. The van der Waals surface area contributed by atoms with Crippen molar-refractivity contribution in [1.29, 1.82) is 0 Å². The molecule has 128 valence electrons. The monoisotopic (exact) mass is 328 g/mol. The maximum Gasteiger partial charge on any atom is 0.231 e. The fourth-order valence-corrected chi connectivity index (χ4v) is 3.39. The molecule has 1 fully saturated rings. The van der Waals surface area contributed by atoms with Crippen LogP contribution in [-0.2, 0) is 10.3 Å². The molecule has 2 aromatic rings. The highest BCUT2D eigenvalue weighted by Crippen LogP contribution is 2.36. The number of aromatic nitrogens is 2. The minimum absolute atomic E-state index is 0.115. The summed E-state index contributed by atoms with van der Waals surface area (Å²) in [6.45, 7) is 8.38. The van der Waals surface area contributed by atoms with Crippen LogP contribution < -0.4 is 10.2 Å². The van der Waals surface area contributed by atoms with Crippen molar-refractivity contribution in [1.82, 2.24) is 15.5 Å². The average molecular weight is 328 g/mol. The number of hydrogen-bond acceptors (Lipinski definition) is 5. The second-order valence-corrected chi connectivity index (χ2v) is 6.93. The topological polar surface area (TPSA) is 71.3 Å². The quantitative estimate of drug-likeness (QED) is 0.934. The van der Waals surface area contributed by atoms with Gasteiger partial charge >= 0.3 is 0 Å². The van der Waals surface area contributed by atoms with E-state index in [0.717, 1.165) is 13.0 Å². The summed E-state index contributed by atoms with van der Waals surface area (Å²) >= 11 is 0. The summed E-state index contributed by atoms with van der Waals surface area (Å²) in [5.74, 6) is 1.24. The van der Waals surface area contributed by atoms with Gasteiger partial charge in [-0.1, -0.05) is 23.4 Å². The summed E-state index contributed by atoms with van der Waals surface area (Å²) in [5.41, 5.74) is 0.569. The average Bonchev–Trinajstić information content (AvgIpc) is 3.14. The van der Waals surface area contributed by atoms with Crippen molar-refractivity contribution in [3.8, 4) is 0 Å². The molecule has 24 heavy (non-hydrogen) atoms. The summed E-state index contributed by atoms with van der Waals surface area (Å²) < 4.78 is 5.53. The third-order valence-corrected chi connectivity index (χ3v) is 4.65. The zero-order chi connectivity index (χ0) is 17.3. The van der Waals surface area contributed by atoms with Gasteiger partial charge in [0.1, 0.15) is 0 Å². The van der Waals surface area contributed by atoms with Gasteiger partial charge in [-0.15, -0.1) is 0 Å². The van der Waals surface area contributed by atoms with Crippen molar-refractivity contribution in [2.45, 2.75) is 51.6 Å². The molecular formula is C18H24N4O2. The summed E-state index contributed by atoms with van der Waals surface area (Å²) in [5, 5.41) is 6.95. The van der Waals surface area contributed by atoms with E-state index >= 15 is 0 Å². The van der Waals surface area contributed by atoms with E-state index in [9.17, 15) is 4.79 Å². The number of benzene rings is 1. The molecular weight excluding hydrogens is 304 g/mol. The number of anilines is 1. The highest BCUT2D eigenvalue weighted by Gasteiger charge is 2.37. The zero-order valence-corrected chi connectivity index (χ0v) is 14.6. The first-order valence-electron chi connectivity index (χ1n) is 8.33. The zero-order valence-electron chi connectivity index (χ0n) is 14.6. The molecule has 1 aromatic heterocycles. The summed E-state index contributed by atoms with van der Waals surface area (Å²) in [4.78, 5) is 18.3. The second-order valence-electron chi connectivity index (χ2n) is 6.93. The van der Waals surface area contributed by atoms with E-state index in [1.807, 2.05) is 19.9 Å². The van der Waals surface area contributed by atoms with Crippen LogP contribution in [-0.4, -0.2) is 28.6 Å². The second kappa shape index (κ2) is 6.26. The minimum atomic E-state index is -0.644. The third-order valence-electron chi connectivity index (χ3n) is 4.65. The van der Waals surface area contributed by atoms with Gasteiger partial charge in [0.2, 0.25) is 11.8 Å². The standard InChI is InChI=1S/C18H24N4O2/c1-12-15(10-11-22(12)14-8-6-5-7-9-14)16-19-17(21-24-16)18(3,4)20-13(2)23/h5-9,12,15H,10-11H2,1-4H3,(H,20,23)/t12-,15-/m1/s1. The van der Waals surface area contributed by atoms with E-state index < -0.39 is 5.54 Å². The van der Waals surface area contributed by atoms with Crippen molar-refractivity contribution >= 4 is 11.6 Å². The Morgan fingerprint density at radius 3 is 2.71 bits per heavy atom. The van der Waals surface area contributed by atoms with Crippen LogP contribution in [0.15, 0.2) is 34.9 Å². The predicted molar refractivity (Wildman–Crippen MR) is 91.7 cm³/mol. The van der Waals surface area contributed by atoms with Crippen LogP contribution in [0.25, 0.3) is 0 Å². The number of para-hydroxylation sites is 1. The maximum absolute atomic E-state index is 11.3. The van der Waals surface area contributed by atoms with Gasteiger partial charge in [-0.2, -0.15) is 4.98 Å². The lowest BCUT2D eigenvalue weighted by Gasteiger charge is -2.25. The summed E-state index contributed by atoms with van der Waals surface area (Å²) in [6.07, 6.45) is 0.970. The lowest BCUT2D eigenvalue weighted by atomic mass is 10.0. The minimum Gasteiger partial charge on any atom is -0.368 e. The van der Waals surface area contributed by atoms with Crippen LogP contribution in [0.1, 0.15) is 51.7 Å². The van der Waals surface area contributed by atoms with Crippen molar-refractivity contribution in [2.75, 3.05) is 11.4 Å². The first kappa shape index (κ1) is 16.5. The smallest absolute Gasteiger partial charge is 0.231 e. The SMILES string of the molecule is CC(=O)NC(C)(C)c1noc([C@@H]2CCN(c3ccccc3)[C@@H]2C)n1. The van der Waals surface area contributed by atoms with Gasteiger partial charge < -0.3 is 14.7 Å². The fraction of sp³-hybridized carbons (Fsp3) is 0.500. The van der Waals surface area contributed by atoms with Crippen LogP contribution in [0.4, 0.5) is 5.69 Å². The number of nitrogens with one attached hydrogen (secondary N) is 1. The van der Waals surface area contributed by atoms with Gasteiger partial charge in [0.25, 0.3) is 0 Å². The summed E-state index contributed by atoms with van der Waals surface area (Å²) in [6, 6.07) is 10.7. The Kier molecular flexibility index (Phi) is 4.30. The van der Waals surface area contributed by atoms with Crippen LogP contribution in [0, 0.1) is 0 Å². The molecule has 0 saturated carbocycles. The molecule has 1 amide bonds. The number of rotatable bonds is 4. The number of amides is 1. The maximum atomic E-state index is 11.3. The lowest BCUT2D eigenvalue weighted by molar-refractivity contribution is -0.120. The van der Waals surface area contributed by atoms with Crippen LogP contribution >= 0.6 is 0 Å². The Balaban J connectivity index is 1.78. The highest BCUT2D eigenvalue weighted by atomic mass is 16.5. The van der Waals surface area contributed by atoms with Gasteiger partial charge in [-0.25, -0.2) is 0 Å². The largest absolute Gasteiger partial charge is 0.368 e. The van der Waals surface area contributed by atoms with E-state index in [1.54, 1.807) is 0 Å². The molecule has 6 nitrogen and oxygen atoms in total. The molecule has 0 bridgehead atoms. The first-order chi connectivity index (χ1) is 11.4. The van der Waals surface area contributed by atoms with Gasteiger partial charge in [-0.3, -0.25) is 4.79 Å². The van der Waals surface area contributed by atoms with Crippen molar-refractivity contribution in [3.63, 3.8) is 0 Å². The van der Waals surface area contributed by atoms with E-state index in [1.165, 1.54) is 12.6 Å². The molecule has 0 radical (unpaired) electrons. The Morgan fingerprint density at radius 2 is 2.04 bits per heavy atom. The summed E-state index contributed by atoms with van der Waals surface area (Å²) in [7, 11) is 0. The van der Waals surface area contributed by atoms with Gasteiger partial charge in [-0.05, 0) is 39.3 Å². The highest BCUT2D eigenvalue weighted by molar-refractivity contribution is 5.73. The lowest BCUT2D eigenvalue weighted by Crippen LogP contribution is -2.40. The van der Waals surface area contributed by atoms with E-state index in [0.29, 0.717) is 11.7 Å². The van der Waals surface area contributed by atoms with Crippen molar-refractivity contribution in [2.24, 2.45) is 0 Å². The molecule has 1 aromatic carbocycles. The molecule has 0 aliphatic carbocycles. The Morgan fingerprint density at radius 1 is 1.33 bits per heavy atom. The van der Waals surface area contributed by atoms with Gasteiger partial charge in [0.05, 0.1) is 11.5 Å². The number of carbonyl (C=O) groups is 1. The molecule has 6 heteroatoms. The van der Waals surface area contributed by atoms with E-state index in [2.05, 4.69) is 51.5 Å². The molecule has 0 unspecified atom stereocenters. The first-order valence-corrected chi connectivity index (χ1v) is 8.33. The van der Waals surface area contributed by atoms with Crippen LogP contribution in [0.3, 0.4) is 0 Å². The van der Waals surface area contributed by atoms with Crippen molar-refractivity contribution in [3.05, 3.63) is 42.0 Å². The Labute approximate surface area is 142 Å². The van der Waals surface area contributed by atoms with E-state index in [4.69, 9.17) is 4.52 Å². The molecule has 2 atom stereocenters. The van der Waals surface area contributed by atoms with Crippen LogP contribution in [0.2, 0.25) is 0 Å². The number of hydrogen-bond donors (Lipinski definition) is 1. The molecule has 1 aliphatic rings. The molecule has 1 saturated heterocycles. The molecule has 3 rings (SSSR count). The van der Waals surface area contributed by atoms with Gasteiger partial charge in [0.15, 0.2) is 5.82 Å². The molecule has 0 spiro atoms. The van der Waals surface area contributed by atoms with Crippen molar-refractivity contribution < 1.29 is 9.32 Å². The normalized spacial score (nSPS) is 21.1. The molecule has 2 heterocycles. The number of nitrogens with zero attached hydrogens (tertiary/aromatic N) is 3. The fourth-order valence-electron chi connectivity index (χ4n) is 3.39.